The van der Waals surface area contributed by atoms with Crippen LogP contribution in [0.25, 0.3) is 0 Å². The molecular weight excluding hydrogens is 350 g/mol. The number of piperidine rings is 1. The van der Waals surface area contributed by atoms with E-state index in [-0.39, 0.29) is 18.4 Å². The zero-order chi connectivity index (χ0) is 18.8. The predicted octanol–water partition coefficient (Wildman–Crippen LogP) is 1.51. The fraction of sp³-hybridized carbons (Fsp3) is 0.579. The van der Waals surface area contributed by atoms with Gasteiger partial charge < -0.3 is 20.3 Å². The van der Waals surface area contributed by atoms with Crippen LogP contribution in [0, 0.1) is 0 Å². The molecule has 1 aromatic carbocycles. The van der Waals surface area contributed by atoms with E-state index >= 15 is 0 Å². The highest BCUT2D eigenvalue weighted by Gasteiger charge is 2.29. The third-order valence-corrected chi connectivity index (χ3v) is 5.14. The van der Waals surface area contributed by atoms with Crippen LogP contribution in [0.5, 0.6) is 5.75 Å². The fourth-order valence-electron chi connectivity index (χ4n) is 3.03. The van der Waals surface area contributed by atoms with Crippen molar-refractivity contribution in [2.45, 2.75) is 31.3 Å². The standard InChI is InChI=1S/C19H29N3O3S/c1-20-15-7-6-11-22(13-15)19(24)17(10-12-26-2)21-18(23)14-25-16-8-4-3-5-9-16/h3-5,8-9,15,17,20H,6-7,10-14H2,1-2H3,(H,21,23). The van der Waals surface area contributed by atoms with Crippen molar-refractivity contribution in [3.63, 3.8) is 0 Å². The average molecular weight is 380 g/mol. The molecule has 0 saturated carbocycles. The lowest BCUT2D eigenvalue weighted by Crippen LogP contribution is -2.54. The smallest absolute Gasteiger partial charge is 0.258 e. The summed E-state index contributed by atoms with van der Waals surface area (Å²) in [5.41, 5.74) is 0. The number of benzene rings is 1. The minimum absolute atomic E-state index is 0.00654. The summed E-state index contributed by atoms with van der Waals surface area (Å²) in [6, 6.07) is 9.03. The van der Waals surface area contributed by atoms with E-state index in [0.29, 0.717) is 24.8 Å². The summed E-state index contributed by atoms with van der Waals surface area (Å²) in [5.74, 6) is 1.20. The van der Waals surface area contributed by atoms with Crippen molar-refractivity contribution in [2.75, 3.05) is 38.8 Å². The first-order valence-corrected chi connectivity index (χ1v) is 10.5. The molecule has 0 bridgehead atoms. The van der Waals surface area contributed by atoms with E-state index in [2.05, 4.69) is 10.6 Å². The number of amides is 2. The Morgan fingerprint density at radius 2 is 2.12 bits per heavy atom. The number of ether oxygens (including phenoxy) is 1. The Morgan fingerprint density at radius 1 is 1.35 bits per heavy atom. The highest BCUT2D eigenvalue weighted by molar-refractivity contribution is 7.98. The molecule has 6 nitrogen and oxygen atoms in total. The van der Waals surface area contributed by atoms with Gasteiger partial charge in [-0.15, -0.1) is 0 Å². The molecule has 0 spiro atoms. The van der Waals surface area contributed by atoms with Gasteiger partial charge in [0.05, 0.1) is 0 Å². The number of para-hydroxylation sites is 1. The number of carbonyl (C=O) groups excluding carboxylic acids is 2. The second-order valence-corrected chi connectivity index (χ2v) is 7.40. The van der Waals surface area contributed by atoms with Gasteiger partial charge in [-0.25, -0.2) is 0 Å². The van der Waals surface area contributed by atoms with Gasteiger partial charge in [0.15, 0.2) is 6.61 Å². The molecule has 1 heterocycles. The number of thioether (sulfide) groups is 1. The summed E-state index contributed by atoms with van der Waals surface area (Å²) < 4.78 is 5.48. The van der Waals surface area contributed by atoms with Crippen molar-refractivity contribution in [1.82, 2.24) is 15.5 Å². The molecule has 2 N–H and O–H groups in total. The summed E-state index contributed by atoms with van der Waals surface area (Å²) in [7, 11) is 1.92. The lowest BCUT2D eigenvalue weighted by Gasteiger charge is -2.35. The molecule has 2 atom stereocenters. The first kappa shape index (κ1) is 20.6. The number of nitrogens with zero attached hydrogens (tertiary/aromatic N) is 1. The summed E-state index contributed by atoms with van der Waals surface area (Å²) >= 11 is 1.67. The van der Waals surface area contributed by atoms with Crippen molar-refractivity contribution in [2.24, 2.45) is 0 Å². The SMILES string of the molecule is CNC1CCCN(C(=O)C(CCSC)NC(=O)COc2ccccc2)C1. The van der Waals surface area contributed by atoms with Crippen molar-refractivity contribution < 1.29 is 14.3 Å². The number of hydrogen-bond acceptors (Lipinski definition) is 5. The maximum atomic E-state index is 12.9. The molecule has 1 aromatic rings. The number of hydrogen-bond donors (Lipinski definition) is 2. The van der Waals surface area contributed by atoms with Crippen LogP contribution in [0.1, 0.15) is 19.3 Å². The molecule has 144 valence electrons. The molecule has 0 radical (unpaired) electrons. The number of nitrogens with one attached hydrogen (secondary N) is 2. The monoisotopic (exact) mass is 379 g/mol. The second-order valence-electron chi connectivity index (χ2n) is 6.42. The third-order valence-electron chi connectivity index (χ3n) is 4.50. The van der Waals surface area contributed by atoms with Crippen LogP contribution in [0.15, 0.2) is 30.3 Å². The van der Waals surface area contributed by atoms with Gasteiger partial charge in [0, 0.05) is 19.1 Å². The molecule has 1 saturated heterocycles. The van der Waals surface area contributed by atoms with E-state index in [1.807, 2.05) is 36.4 Å². The number of likely N-dealkylation sites (N-methyl/N-ethyl adjacent to an activating group) is 1. The molecular formula is C19H29N3O3S. The van der Waals surface area contributed by atoms with Gasteiger partial charge in [0.1, 0.15) is 11.8 Å². The topological polar surface area (TPSA) is 70.7 Å². The van der Waals surface area contributed by atoms with E-state index in [9.17, 15) is 9.59 Å². The van der Waals surface area contributed by atoms with Gasteiger partial charge >= 0.3 is 0 Å². The maximum absolute atomic E-state index is 12.9. The molecule has 1 aliphatic heterocycles. The molecule has 1 aliphatic rings. The Bertz CT molecular complexity index is 570. The van der Waals surface area contributed by atoms with Gasteiger partial charge in [-0.1, -0.05) is 18.2 Å². The Balaban J connectivity index is 1.90. The largest absolute Gasteiger partial charge is 0.484 e. The second kappa shape index (κ2) is 11.1. The summed E-state index contributed by atoms with van der Waals surface area (Å²) in [5, 5.41) is 6.11. The minimum atomic E-state index is -0.495. The Labute approximate surface area is 160 Å². The molecule has 2 rings (SSSR count). The van der Waals surface area contributed by atoms with Crippen molar-refractivity contribution in [3.05, 3.63) is 30.3 Å². The Hall–Kier alpha value is -1.73. The van der Waals surface area contributed by atoms with E-state index < -0.39 is 6.04 Å². The summed E-state index contributed by atoms with van der Waals surface area (Å²) in [6.07, 6.45) is 4.68. The van der Waals surface area contributed by atoms with Crippen LogP contribution in [-0.2, 0) is 9.59 Å². The molecule has 1 fully saturated rings. The normalized spacial score (nSPS) is 18.2. The first-order chi connectivity index (χ1) is 12.6. The molecule has 26 heavy (non-hydrogen) atoms. The van der Waals surface area contributed by atoms with Crippen LogP contribution in [0.2, 0.25) is 0 Å². The van der Waals surface area contributed by atoms with E-state index in [1.54, 1.807) is 23.9 Å². The molecule has 0 aliphatic carbocycles. The number of rotatable bonds is 9. The predicted molar refractivity (Wildman–Crippen MR) is 106 cm³/mol. The van der Waals surface area contributed by atoms with Gasteiger partial charge in [0.25, 0.3) is 5.91 Å². The molecule has 7 heteroatoms. The van der Waals surface area contributed by atoms with Crippen LogP contribution < -0.4 is 15.4 Å². The van der Waals surface area contributed by atoms with Gasteiger partial charge in [-0.3, -0.25) is 9.59 Å². The summed E-state index contributed by atoms with van der Waals surface area (Å²) in [4.78, 5) is 27.0. The zero-order valence-electron chi connectivity index (χ0n) is 15.6. The van der Waals surface area contributed by atoms with E-state index in [0.717, 1.165) is 25.1 Å². The molecule has 2 unspecified atom stereocenters. The fourth-order valence-corrected chi connectivity index (χ4v) is 3.50. The zero-order valence-corrected chi connectivity index (χ0v) is 16.4. The highest BCUT2D eigenvalue weighted by atomic mass is 32.2. The summed E-state index contributed by atoms with van der Waals surface area (Å²) in [6.45, 7) is 1.36. The van der Waals surface area contributed by atoms with Crippen molar-refractivity contribution in [3.8, 4) is 5.75 Å². The number of carbonyl (C=O) groups is 2. The first-order valence-electron chi connectivity index (χ1n) is 9.06. The highest BCUT2D eigenvalue weighted by Crippen LogP contribution is 2.13. The molecule has 2 amide bonds. The van der Waals surface area contributed by atoms with Gasteiger partial charge in [0.2, 0.25) is 5.91 Å². The van der Waals surface area contributed by atoms with Crippen LogP contribution >= 0.6 is 11.8 Å². The lowest BCUT2D eigenvalue weighted by molar-refractivity contribution is -0.138. The minimum Gasteiger partial charge on any atom is -0.484 e. The van der Waals surface area contributed by atoms with Crippen molar-refractivity contribution in [1.29, 1.82) is 0 Å². The van der Waals surface area contributed by atoms with Gasteiger partial charge in [-0.2, -0.15) is 11.8 Å². The van der Waals surface area contributed by atoms with Crippen LogP contribution in [0.4, 0.5) is 0 Å². The lowest BCUT2D eigenvalue weighted by atomic mass is 10.0. The van der Waals surface area contributed by atoms with E-state index in [1.165, 1.54) is 0 Å². The number of likely N-dealkylation sites (tertiary alicyclic amines) is 1. The van der Waals surface area contributed by atoms with E-state index in [4.69, 9.17) is 4.74 Å². The maximum Gasteiger partial charge on any atom is 0.258 e. The van der Waals surface area contributed by atoms with Crippen molar-refractivity contribution >= 4 is 23.6 Å². The Morgan fingerprint density at radius 3 is 2.81 bits per heavy atom. The Kier molecular flexibility index (Phi) is 8.77. The van der Waals surface area contributed by atoms with Crippen LogP contribution in [0.3, 0.4) is 0 Å². The molecule has 0 aromatic heterocycles. The third kappa shape index (κ3) is 6.53. The average Bonchev–Trinajstić information content (AvgIpc) is 2.69. The van der Waals surface area contributed by atoms with Crippen LogP contribution in [-0.4, -0.2) is 67.6 Å². The van der Waals surface area contributed by atoms with Gasteiger partial charge in [-0.05, 0) is 50.5 Å². The quantitative estimate of drug-likeness (QED) is 0.681.